The van der Waals surface area contributed by atoms with E-state index >= 15 is 0 Å². The van der Waals surface area contributed by atoms with Gasteiger partial charge in [-0.25, -0.2) is 0 Å². The second-order valence-corrected chi connectivity index (χ2v) is 7.85. The minimum atomic E-state index is -0.119. The third-order valence-electron chi connectivity index (χ3n) is 5.45. The maximum atomic E-state index is 12.5. The Morgan fingerprint density at radius 2 is 1.79 bits per heavy atom. The van der Waals surface area contributed by atoms with Crippen molar-refractivity contribution in [1.82, 2.24) is 10.2 Å². The fourth-order valence-corrected chi connectivity index (χ4v) is 3.63. The zero-order chi connectivity index (χ0) is 20.2. The summed E-state index contributed by atoms with van der Waals surface area (Å²) in [7, 11) is 0. The van der Waals surface area contributed by atoms with Crippen LogP contribution in [0, 0.1) is 12.8 Å². The summed E-state index contributed by atoms with van der Waals surface area (Å²) < 4.78 is 0. The number of carbonyl (C=O) groups excluding carboxylic acids is 1. The number of benzene rings is 2. The van der Waals surface area contributed by atoms with E-state index in [1.54, 1.807) is 0 Å². The Labute approximate surface area is 171 Å². The van der Waals surface area contributed by atoms with Crippen molar-refractivity contribution < 1.29 is 4.79 Å². The SMILES string of the molecule is Cc1cccc(C(=O)Nc2cccc(-c3ccc(N4CCC(C)CC4)nn3)c2)c1. The summed E-state index contributed by atoms with van der Waals surface area (Å²) in [5.41, 5.74) is 4.18. The van der Waals surface area contributed by atoms with Gasteiger partial charge in [-0.3, -0.25) is 4.79 Å². The lowest BCUT2D eigenvalue weighted by Crippen LogP contribution is -2.33. The second kappa shape index (κ2) is 8.43. The van der Waals surface area contributed by atoms with Gasteiger partial charge in [-0.1, -0.05) is 36.8 Å². The Kier molecular flexibility index (Phi) is 5.56. The number of nitrogens with zero attached hydrogens (tertiary/aromatic N) is 3. The van der Waals surface area contributed by atoms with Gasteiger partial charge in [0.05, 0.1) is 5.69 Å². The van der Waals surface area contributed by atoms with Crippen molar-refractivity contribution in [2.24, 2.45) is 5.92 Å². The van der Waals surface area contributed by atoms with E-state index < -0.39 is 0 Å². The predicted octanol–water partition coefficient (Wildman–Crippen LogP) is 4.94. The summed E-state index contributed by atoms with van der Waals surface area (Å²) in [6.45, 7) is 6.35. The molecule has 1 saturated heterocycles. The fraction of sp³-hybridized carbons (Fsp3) is 0.292. The Morgan fingerprint density at radius 1 is 1.00 bits per heavy atom. The van der Waals surface area contributed by atoms with Gasteiger partial charge >= 0.3 is 0 Å². The van der Waals surface area contributed by atoms with Crippen LogP contribution >= 0.6 is 0 Å². The molecular formula is C24H26N4O. The molecule has 0 atom stereocenters. The van der Waals surface area contributed by atoms with Crippen LogP contribution in [0.2, 0.25) is 0 Å². The summed E-state index contributed by atoms with van der Waals surface area (Å²) in [6, 6.07) is 19.3. The quantitative estimate of drug-likeness (QED) is 0.690. The summed E-state index contributed by atoms with van der Waals surface area (Å²) in [4.78, 5) is 14.8. The molecule has 1 N–H and O–H groups in total. The number of amides is 1. The Hall–Kier alpha value is -3.21. The van der Waals surface area contributed by atoms with Crippen LogP contribution in [0.15, 0.2) is 60.7 Å². The van der Waals surface area contributed by atoms with Crippen molar-refractivity contribution in [2.45, 2.75) is 26.7 Å². The Morgan fingerprint density at radius 3 is 2.52 bits per heavy atom. The topological polar surface area (TPSA) is 58.1 Å². The zero-order valence-electron chi connectivity index (χ0n) is 16.9. The van der Waals surface area contributed by atoms with Crippen LogP contribution in [-0.4, -0.2) is 29.2 Å². The molecule has 2 heterocycles. The molecule has 0 radical (unpaired) electrons. The van der Waals surface area contributed by atoms with Gasteiger partial charge in [-0.05, 0) is 62.1 Å². The molecule has 1 aliphatic rings. The molecule has 1 aliphatic heterocycles. The minimum absolute atomic E-state index is 0.119. The zero-order valence-corrected chi connectivity index (χ0v) is 16.9. The third kappa shape index (κ3) is 4.62. The highest BCUT2D eigenvalue weighted by Gasteiger charge is 2.17. The molecule has 0 bridgehead atoms. The van der Waals surface area contributed by atoms with Crippen molar-refractivity contribution in [2.75, 3.05) is 23.3 Å². The number of rotatable bonds is 4. The van der Waals surface area contributed by atoms with E-state index in [0.717, 1.165) is 47.3 Å². The number of carbonyl (C=O) groups is 1. The average molecular weight is 386 g/mol. The van der Waals surface area contributed by atoms with Crippen molar-refractivity contribution in [3.05, 3.63) is 71.8 Å². The van der Waals surface area contributed by atoms with Gasteiger partial charge < -0.3 is 10.2 Å². The molecule has 0 unspecified atom stereocenters. The highest BCUT2D eigenvalue weighted by atomic mass is 16.1. The molecule has 0 spiro atoms. The van der Waals surface area contributed by atoms with E-state index in [0.29, 0.717) is 5.56 Å². The number of anilines is 2. The highest BCUT2D eigenvalue weighted by molar-refractivity contribution is 6.04. The van der Waals surface area contributed by atoms with E-state index in [4.69, 9.17) is 0 Å². The average Bonchev–Trinajstić information content (AvgIpc) is 2.75. The molecule has 2 aromatic carbocycles. The summed E-state index contributed by atoms with van der Waals surface area (Å²) in [6.07, 6.45) is 2.40. The molecule has 1 aromatic heterocycles. The van der Waals surface area contributed by atoms with Gasteiger partial charge in [0.25, 0.3) is 5.91 Å². The van der Waals surface area contributed by atoms with Crippen molar-refractivity contribution >= 4 is 17.4 Å². The molecule has 29 heavy (non-hydrogen) atoms. The van der Waals surface area contributed by atoms with E-state index in [1.165, 1.54) is 12.8 Å². The smallest absolute Gasteiger partial charge is 0.255 e. The summed E-state index contributed by atoms with van der Waals surface area (Å²) >= 11 is 0. The first-order valence-electron chi connectivity index (χ1n) is 10.2. The molecule has 0 saturated carbocycles. The predicted molar refractivity (Wildman–Crippen MR) is 117 cm³/mol. The lowest BCUT2D eigenvalue weighted by molar-refractivity contribution is 0.102. The normalized spacial score (nSPS) is 14.6. The van der Waals surface area contributed by atoms with Crippen LogP contribution in [-0.2, 0) is 0 Å². The fourth-order valence-electron chi connectivity index (χ4n) is 3.63. The van der Waals surface area contributed by atoms with Crippen LogP contribution < -0.4 is 10.2 Å². The standard InChI is InChI=1S/C24H26N4O/c1-17-11-13-28(14-12-17)23-10-9-22(26-27-23)19-6-4-8-21(16-19)25-24(29)20-7-3-5-18(2)15-20/h3-10,15-17H,11-14H2,1-2H3,(H,25,29). The van der Waals surface area contributed by atoms with Gasteiger partial charge in [0.15, 0.2) is 5.82 Å². The molecule has 4 rings (SSSR count). The number of hydrogen-bond acceptors (Lipinski definition) is 4. The van der Waals surface area contributed by atoms with E-state index in [9.17, 15) is 4.79 Å². The van der Waals surface area contributed by atoms with Crippen LogP contribution in [0.25, 0.3) is 11.3 Å². The number of hydrogen-bond donors (Lipinski definition) is 1. The van der Waals surface area contributed by atoms with Crippen LogP contribution in [0.1, 0.15) is 35.7 Å². The van der Waals surface area contributed by atoms with Gasteiger partial charge in [-0.15, -0.1) is 10.2 Å². The van der Waals surface area contributed by atoms with Crippen LogP contribution in [0.5, 0.6) is 0 Å². The number of nitrogens with one attached hydrogen (secondary N) is 1. The Bertz CT molecular complexity index is 992. The van der Waals surface area contributed by atoms with Crippen LogP contribution in [0.3, 0.4) is 0 Å². The number of piperidine rings is 1. The number of aryl methyl sites for hydroxylation is 1. The maximum Gasteiger partial charge on any atom is 0.255 e. The van der Waals surface area contributed by atoms with Crippen molar-refractivity contribution in [3.63, 3.8) is 0 Å². The lowest BCUT2D eigenvalue weighted by Gasteiger charge is -2.30. The van der Waals surface area contributed by atoms with Gasteiger partial charge in [-0.2, -0.15) is 0 Å². The summed E-state index contributed by atoms with van der Waals surface area (Å²) in [5, 5.41) is 11.8. The monoisotopic (exact) mass is 386 g/mol. The molecule has 5 nitrogen and oxygen atoms in total. The van der Waals surface area contributed by atoms with Gasteiger partial charge in [0, 0.05) is 29.9 Å². The van der Waals surface area contributed by atoms with Crippen molar-refractivity contribution in [1.29, 1.82) is 0 Å². The van der Waals surface area contributed by atoms with E-state index in [-0.39, 0.29) is 5.91 Å². The molecule has 5 heteroatoms. The molecule has 3 aromatic rings. The molecule has 0 aliphatic carbocycles. The molecule has 1 fully saturated rings. The van der Waals surface area contributed by atoms with E-state index in [1.807, 2.05) is 67.6 Å². The van der Waals surface area contributed by atoms with Crippen molar-refractivity contribution in [3.8, 4) is 11.3 Å². The summed E-state index contributed by atoms with van der Waals surface area (Å²) in [5.74, 6) is 1.60. The molecule has 1 amide bonds. The van der Waals surface area contributed by atoms with E-state index in [2.05, 4.69) is 27.3 Å². The minimum Gasteiger partial charge on any atom is -0.355 e. The van der Waals surface area contributed by atoms with Crippen LogP contribution in [0.4, 0.5) is 11.5 Å². The third-order valence-corrected chi connectivity index (χ3v) is 5.45. The first kappa shape index (κ1) is 19.1. The second-order valence-electron chi connectivity index (χ2n) is 7.85. The molecular weight excluding hydrogens is 360 g/mol. The first-order valence-corrected chi connectivity index (χ1v) is 10.2. The highest BCUT2D eigenvalue weighted by Crippen LogP contribution is 2.24. The number of aromatic nitrogens is 2. The maximum absolute atomic E-state index is 12.5. The largest absolute Gasteiger partial charge is 0.355 e. The van der Waals surface area contributed by atoms with Gasteiger partial charge in [0.2, 0.25) is 0 Å². The molecule has 148 valence electrons. The lowest BCUT2D eigenvalue weighted by atomic mass is 9.99. The van der Waals surface area contributed by atoms with Gasteiger partial charge in [0.1, 0.15) is 0 Å². The Balaban J connectivity index is 1.47. The first-order chi connectivity index (χ1) is 14.1.